The summed E-state index contributed by atoms with van der Waals surface area (Å²) in [4.78, 5) is 0. The van der Waals surface area contributed by atoms with E-state index >= 15 is 0 Å². The Labute approximate surface area is 109 Å². The molecule has 0 aliphatic rings. The van der Waals surface area contributed by atoms with Gasteiger partial charge in [-0.1, -0.05) is 20.8 Å². The SMILES string of the molecule is COc1cc(C(C)(C)C)c(OC)cc1C(O)CN. The zero-order valence-electron chi connectivity index (χ0n) is 11.8. The van der Waals surface area contributed by atoms with Crippen molar-refractivity contribution in [2.45, 2.75) is 32.3 Å². The molecule has 102 valence electrons. The Morgan fingerprint density at radius 1 is 1.17 bits per heavy atom. The van der Waals surface area contributed by atoms with Crippen molar-refractivity contribution in [3.63, 3.8) is 0 Å². The van der Waals surface area contributed by atoms with Crippen molar-refractivity contribution in [2.75, 3.05) is 20.8 Å². The van der Waals surface area contributed by atoms with E-state index in [-0.39, 0.29) is 12.0 Å². The number of nitrogens with two attached hydrogens (primary N) is 1. The molecular formula is C14H23NO3. The van der Waals surface area contributed by atoms with Gasteiger partial charge in [0, 0.05) is 17.7 Å². The minimum Gasteiger partial charge on any atom is -0.496 e. The van der Waals surface area contributed by atoms with Crippen LogP contribution < -0.4 is 15.2 Å². The summed E-state index contributed by atoms with van der Waals surface area (Å²) in [7, 11) is 3.21. The number of aliphatic hydroxyl groups is 1. The summed E-state index contributed by atoms with van der Waals surface area (Å²) in [5.74, 6) is 1.38. The van der Waals surface area contributed by atoms with Crippen molar-refractivity contribution >= 4 is 0 Å². The quantitative estimate of drug-likeness (QED) is 0.861. The summed E-state index contributed by atoms with van der Waals surface area (Å²) < 4.78 is 10.7. The molecule has 0 saturated heterocycles. The molecule has 1 aromatic carbocycles. The van der Waals surface area contributed by atoms with Crippen molar-refractivity contribution in [1.82, 2.24) is 0 Å². The van der Waals surface area contributed by atoms with Gasteiger partial charge in [0.25, 0.3) is 0 Å². The lowest BCUT2D eigenvalue weighted by Crippen LogP contribution is -2.16. The predicted octanol–water partition coefficient (Wildman–Crippen LogP) is 1.99. The highest BCUT2D eigenvalue weighted by Gasteiger charge is 2.23. The number of hydrogen-bond donors (Lipinski definition) is 2. The molecule has 1 rings (SSSR count). The van der Waals surface area contributed by atoms with Gasteiger partial charge in [0.1, 0.15) is 11.5 Å². The maximum atomic E-state index is 9.89. The number of ether oxygens (including phenoxy) is 2. The molecule has 0 aliphatic carbocycles. The Balaban J connectivity index is 3.42. The van der Waals surface area contributed by atoms with Crippen LogP contribution in [-0.4, -0.2) is 25.9 Å². The number of hydrogen-bond acceptors (Lipinski definition) is 4. The molecule has 0 bridgehead atoms. The normalized spacial score (nSPS) is 13.3. The van der Waals surface area contributed by atoms with E-state index < -0.39 is 6.10 Å². The fourth-order valence-electron chi connectivity index (χ4n) is 1.89. The molecule has 0 aromatic heterocycles. The van der Waals surface area contributed by atoms with Crippen LogP contribution in [0.25, 0.3) is 0 Å². The molecule has 0 spiro atoms. The second-order valence-electron chi connectivity index (χ2n) is 5.30. The van der Waals surface area contributed by atoms with Gasteiger partial charge >= 0.3 is 0 Å². The Morgan fingerprint density at radius 2 is 1.72 bits per heavy atom. The Kier molecular flexibility index (Phi) is 4.59. The van der Waals surface area contributed by atoms with E-state index in [9.17, 15) is 5.11 Å². The largest absolute Gasteiger partial charge is 0.496 e. The van der Waals surface area contributed by atoms with Crippen LogP contribution in [0.15, 0.2) is 12.1 Å². The molecule has 1 aromatic rings. The Hall–Kier alpha value is -1.26. The minimum atomic E-state index is -0.747. The number of benzene rings is 1. The summed E-state index contributed by atoms with van der Waals surface area (Å²) in [5.41, 5.74) is 7.13. The van der Waals surface area contributed by atoms with E-state index in [4.69, 9.17) is 15.2 Å². The van der Waals surface area contributed by atoms with Crippen molar-refractivity contribution in [3.05, 3.63) is 23.3 Å². The van der Waals surface area contributed by atoms with Crippen LogP contribution in [0.5, 0.6) is 11.5 Å². The topological polar surface area (TPSA) is 64.7 Å². The fourth-order valence-corrected chi connectivity index (χ4v) is 1.89. The van der Waals surface area contributed by atoms with Gasteiger partial charge in [-0.05, 0) is 17.5 Å². The number of methoxy groups -OCH3 is 2. The molecule has 3 N–H and O–H groups in total. The van der Waals surface area contributed by atoms with E-state index in [0.717, 1.165) is 11.3 Å². The molecule has 0 aliphatic heterocycles. The second-order valence-corrected chi connectivity index (χ2v) is 5.30. The molecule has 1 atom stereocenters. The zero-order valence-corrected chi connectivity index (χ0v) is 11.8. The van der Waals surface area contributed by atoms with Gasteiger partial charge in [-0.15, -0.1) is 0 Å². The molecule has 0 amide bonds. The second kappa shape index (κ2) is 5.59. The zero-order chi connectivity index (χ0) is 13.9. The lowest BCUT2D eigenvalue weighted by Gasteiger charge is -2.25. The van der Waals surface area contributed by atoms with E-state index in [1.54, 1.807) is 20.3 Å². The van der Waals surface area contributed by atoms with Crippen LogP contribution in [0.1, 0.15) is 38.0 Å². The average molecular weight is 253 g/mol. The van der Waals surface area contributed by atoms with Gasteiger partial charge in [-0.2, -0.15) is 0 Å². The third-order valence-electron chi connectivity index (χ3n) is 2.94. The van der Waals surface area contributed by atoms with Gasteiger partial charge in [0.15, 0.2) is 0 Å². The number of aliphatic hydroxyl groups excluding tert-OH is 1. The molecule has 18 heavy (non-hydrogen) atoms. The van der Waals surface area contributed by atoms with E-state index in [1.165, 1.54) is 0 Å². The van der Waals surface area contributed by atoms with Gasteiger partial charge in [-0.25, -0.2) is 0 Å². The van der Waals surface area contributed by atoms with Crippen molar-refractivity contribution in [2.24, 2.45) is 5.73 Å². The fraction of sp³-hybridized carbons (Fsp3) is 0.571. The highest BCUT2D eigenvalue weighted by atomic mass is 16.5. The molecule has 4 nitrogen and oxygen atoms in total. The molecule has 0 saturated carbocycles. The van der Waals surface area contributed by atoms with Crippen LogP contribution in [0.4, 0.5) is 0 Å². The lowest BCUT2D eigenvalue weighted by molar-refractivity contribution is 0.181. The van der Waals surface area contributed by atoms with Crippen LogP contribution in [0.3, 0.4) is 0 Å². The summed E-state index contributed by atoms with van der Waals surface area (Å²) >= 11 is 0. The summed E-state index contributed by atoms with van der Waals surface area (Å²) in [6, 6.07) is 3.71. The van der Waals surface area contributed by atoms with Gasteiger partial charge in [0.2, 0.25) is 0 Å². The molecule has 4 heteroatoms. The Bertz CT molecular complexity index is 410. The van der Waals surface area contributed by atoms with Crippen molar-refractivity contribution in [3.8, 4) is 11.5 Å². The van der Waals surface area contributed by atoms with Crippen molar-refractivity contribution < 1.29 is 14.6 Å². The smallest absolute Gasteiger partial charge is 0.125 e. The van der Waals surface area contributed by atoms with E-state index in [1.807, 2.05) is 6.07 Å². The first kappa shape index (κ1) is 14.8. The number of rotatable bonds is 4. The first-order chi connectivity index (χ1) is 8.35. The average Bonchev–Trinajstić information content (AvgIpc) is 2.34. The van der Waals surface area contributed by atoms with Crippen molar-refractivity contribution in [1.29, 1.82) is 0 Å². The Morgan fingerprint density at radius 3 is 2.11 bits per heavy atom. The summed E-state index contributed by atoms with van der Waals surface area (Å²) in [6.07, 6.45) is -0.747. The summed E-state index contributed by atoms with van der Waals surface area (Å²) in [6.45, 7) is 6.45. The maximum Gasteiger partial charge on any atom is 0.125 e. The monoisotopic (exact) mass is 253 g/mol. The minimum absolute atomic E-state index is 0.0647. The molecule has 0 fully saturated rings. The third kappa shape index (κ3) is 2.94. The van der Waals surface area contributed by atoms with E-state index in [2.05, 4.69) is 20.8 Å². The molecule has 0 heterocycles. The van der Waals surface area contributed by atoms with Gasteiger partial charge < -0.3 is 20.3 Å². The standard InChI is InChI=1S/C14H23NO3/c1-14(2,3)10-7-12(17-4)9(11(16)8-15)6-13(10)18-5/h6-7,11,16H,8,15H2,1-5H3. The third-order valence-corrected chi connectivity index (χ3v) is 2.94. The maximum absolute atomic E-state index is 9.89. The van der Waals surface area contributed by atoms with Gasteiger partial charge in [-0.3, -0.25) is 0 Å². The van der Waals surface area contributed by atoms with Gasteiger partial charge in [0.05, 0.1) is 20.3 Å². The molecular weight excluding hydrogens is 230 g/mol. The highest BCUT2D eigenvalue weighted by Crippen LogP contribution is 2.38. The predicted molar refractivity (Wildman–Crippen MR) is 72.3 cm³/mol. The van der Waals surface area contributed by atoms with Crippen LogP contribution in [-0.2, 0) is 5.41 Å². The van der Waals surface area contributed by atoms with Crippen LogP contribution in [0, 0.1) is 0 Å². The summed E-state index contributed by atoms with van der Waals surface area (Å²) in [5, 5.41) is 9.89. The molecule has 1 unspecified atom stereocenters. The highest BCUT2D eigenvalue weighted by molar-refractivity contribution is 5.50. The molecule has 0 radical (unpaired) electrons. The van der Waals surface area contributed by atoms with E-state index in [0.29, 0.717) is 11.3 Å². The first-order valence-corrected chi connectivity index (χ1v) is 5.99. The first-order valence-electron chi connectivity index (χ1n) is 5.99. The van der Waals surface area contributed by atoms with Crippen LogP contribution >= 0.6 is 0 Å². The lowest BCUT2D eigenvalue weighted by atomic mass is 9.85. The van der Waals surface area contributed by atoms with Crippen LogP contribution in [0.2, 0.25) is 0 Å².